The summed E-state index contributed by atoms with van der Waals surface area (Å²) in [6.45, 7) is 3.60. The third-order valence-corrected chi connectivity index (χ3v) is 4.74. The second kappa shape index (κ2) is 5.31. The van der Waals surface area contributed by atoms with E-state index in [1.54, 1.807) is 4.72 Å². The van der Waals surface area contributed by atoms with Crippen molar-refractivity contribution in [3.63, 3.8) is 0 Å². The van der Waals surface area contributed by atoms with Crippen molar-refractivity contribution in [3.8, 4) is 0 Å². The average Bonchev–Trinajstić information content (AvgIpc) is 2.36. The molecule has 1 N–H and O–H groups in total. The second-order valence-electron chi connectivity index (χ2n) is 4.93. The molecule has 2 rings (SSSR count). The molecule has 0 aromatic carbocycles. The Bertz CT molecular complexity index is 537. The molecule has 0 bridgehead atoms. The van der Waals surface area contributed by atoms with E-state index in [-0.39, 0.29) is 11.6 Å². The van der Waals surface area contributed by atoms with Gasteiger partial charge in [-0.3, -0.25) is 4.72 Å². The lowest BCUT2D eigenvalue weighted by Crippen LogP contribution is -2.38. The number of nitrogens with one attached hydrogen (secondary N) is 1. The van der Waals surface area contributed by atoms with E-state index in [1.165, 1.54) is 12.2 Å². The highest BCUT2D eigenvalue weighted by atomic mass is 32.2. The van der Waals surface area contributed by atoms with Crippen LogP contribution in [0, 0.1) is 5.92 Å². The zero-order valence-corrected chi connectivity index (χ0v) is 11.9. The number of hydrogen-bond acceptors (Lipinski definition) is 3. The largest absolute Gasteiger partial charge is 0.516 e. The molecule has 1 heterocycles. The van der Waals surface area contributed by atoms with Gasteiger partial charge in [-0.15, -0.1) is 0 Å². The van der Waals surface area contributed by atoms with Gasteiger partial charge in [-0.05, 0) is 32.3 Å². The smallest absolute Gasteiger partial charge is 0.375 e. The predicted molar refractivity (Wildman–Crippen MR) is 68.9 cm³/mol. The summed E-state index contributed by atoms with van der Waals surface area (Å²) >= 11 is 0. The molecule has 1 aliphatic carbocycles. The first kappa shape index (κ1) is 15.2. The molecule has 0 saturated carbocycles. The number of nitrogens with zero attached hydrogens (tertiary/aromatic N) is 1. The maximum atomic E-state index is 12.4. The Morgan fingerprint density at radius 2 is 2.15 bits per heavy atom. The van der Waals surface area contributed by atoms with Crippen LogP contribution in [-0.4, -0.2) is 31.9 Å². The van der Waals surface area contributed by atoms with E-state index in [1.807, 2.05) is 6.92 Å². The number of hydrogen-bond donors (Lipinski definition) is 1. The van der Waals surface area contributed by atoms with Crippen molar-refractivity contribution in [3.05, 3.63) is 23.5 Å². The van der Waals surface area contributed by atoms with E-state index in [4.69, 9.17) is 0 Å². The number of halogens is 3. The van der Waals surface area contributed by atoms with Crippen LogP contribution in [0.4, 0.5) is 13.2 Å². The van der Waals surface area contributed by atoms with E-state index >= 15 is 0 Å². The highest BCUT2D eigenvalue weighted by Gasteiger charge is 2.46. The van der Waals surface area contributed by atoms with E-state index < -0.39 is 15.5 Å². The summed E-state index contributed by atoms with van der Waals surface area (Å²) in [7, 11) is -5.34. The SMILES string of the molecule is CCN1CCCC2CC=C(NS(=O)(=O)C(F)(F)F)C=C21. The number of piperidine rings is 1. The average molecular weight is 310 g/mol. The Morgan fingerprint density at radius 1 is 1.45 bits per heavy atom. The van der Waals surface area contributed by atoms with Crippen LogP contribution in [0.2, 0.25) is 0 Å². The minimum atomic E-state index is -5.34. The monoisotopic (exact) mass is 310 g/mol. The highest BCUT2D eigenvalue weighted by Crippen LogP contribution is 2.34. The van der Waals surface area contributed by atoms with Crippen molar-refractivity contribution >= 4 is 10.0 Å². The van der Waals surface area contributed by atoms with E-state index in [9.17, 15) is 21.6 Å². The summed E-state index contributed by atoms with van der Waals surface area (Å²) in [5.74, 6) is 0.280. The number of likely N-dealkylation sites (tertiary alicyclic amines) is 1. The Labute approximate surface area is 116 Å². The molecule has 0 amide bonds. The summed E-state index contributed by atoms with van der Waals surface area (Å²) in [4.78, 5) is 2.09. The lowest BCUT2D eigenvalue weighted by Gasteiger charge is -2.38. The first-order valence-corrected chi connectivity index (χ1v) is 7.98. The van der Waals surface area contributed by atoms with Gasteiger partial charge in [0.2, 0.25) is 0 Å². The number of rotatable bonds is 3. The Balaban J connectivity index is 2.20. The van der Waals surface area contributed by atoms with Crippen molar-refractivity contribution in [1.29, 1.82) is 0 Å². The highest BCUT2D eigenvalue weighted by molar-refractivity contribution is 7.90. The van der Waals surface area contributed by atoms with Gasteiger partial charge in [0.25, 0.3) is 0 Å². The first-order valence-electron chi connectivity index (χ1n) is 6.50. The number of alkyl halides is 3. The van der Waals surface area contributed by atoms with Gasteiger partial charge in [0, 0.05) is 30.4 Å². The zero-order valence-electron chi connectivity index (χ0n) is 11.1. The molecule has 0 radical (unpaired) electrons. The second-order valence-corrected chi connectivity index (χ2v) is 6.61. The Morgan fingerprint density at radius 3 is 2.75 bits per heavy atom. The van der Waals surface area contributed by atoms with E-state index in [0.717, 1.165) is 31.6 Å². The molecule has 1 aliphatic heterocycles. The molecular formula is C12H17F3N2O2S. The van der Waals surface area contributed by atoms with Crippen LogP contribution < -0.4 is 4.72 Å². The van der Waals surface area contributed by atoms with Crippen LogP contribution in [0.25, 0.3) is 0 Å². The van der Waals surface area contributed by atoms with Crippen LogP contribution in [0.1, 0.15) is 26.2 Å². The summed E-state index contributed by atoms with van der Waals surface area (Å²) in [5.41, 5.74) is -4.35. The van der Waals surface area contributed by atoms with Gasteiger partial charge >= 0.3 is 15.5 Å². The zero-order chi connectivity index (χ0) is 15.0. The van der Waals surface area contributed by atoms with Crippen molar-refractivity contribution in [2.24, 2.45) is 5.92 Å². The van der Waals surface area contributed by atoms with Gasteiger partial charge in [-0.25, -0.2) is 0 Å². The molecule has 0 aromatic heterocycles. The first-order chi connectivity index (χ1) is 9.24. The minimum Gasteiger partial charge on any atom is -0.375 e. The van der Waals surface area contributed by atoms with Crippen LogP contribution in [0.15, 0.2) is 23.5 Å². The fourth-order valence-electron chi connectivity index (χ4n) is 2.62. The molecular weight excluding hydrogens is 293 g/mol. The molecule has 20 heavy (non-hydrogen) atoms. The summed E-state index contributed by atoms with van der Waals surface area (Å²) in [5, 5.41) is 0. The lowest BCUT2D eigenvalue weighted by atomic mass is 9.87. The van der Waals surface area contributed by atoms with Crippen molar-refractivity contribution < 1.29 is 21.6 Å². The molecule has 114 valence electrons. The third-order valence-electron chi connectivity index (χ3n) is 3.63. The Hall–Kier alpha value is -1.18. The van der Waals surface area contributed by atoms with E-state index in [0.29, 0.717) is 6.42 Å². The third kappa shape index (κ3) is 2.94. The van der Waals surface area contributed by atoms with Crippen molar-refractivity contribution in [2.45, 2.75) is 31.7 Å². The Kier molecular flexibility index (Phi) is 4.04. The number of allylic oxidation sites excluding steroid dienone is 3. The standard InChI is InChI=1S/C12H17F3N2O2S/c1-2-17-7-3-4-9-5-6-10(8-11(9)17)16-20(18,19)12(13,14)15/h6,8-9,16H,2-5,7H2,1H3. The van der Waals surface area contributed by atoms with Crippen molar-refractivity contribution in [2.75, 3.05) is 13.1 Å². The van der Waals surface area contributed by atoms with Crippen LogP contribution >= 0.6 is 0 Å². The molecule has 8 heteroatoms. The van der Waals surface area contributed by atoms with Gasteiger partial charge in [0.15, 0.2) is 0 Å². The molecule has 1 saturated heterocycles. The minimum absolute atomic E-state index is 0.00826. The van der Waals surface area contributed by atoms with Crippen LogP contribution in [-0.2, 0) is 10.0 Å². The molecule has 2 aliphatic rings. The molecule has 0 aromatic rings. The topological polar surface area (TPSA) is 49.4 Å². The van der Waals surface area contributed by atoms with Gasteiger partial charge in [-0.1, -0.05) is 6.08 Å². The number of sulfonamides is 1. The van der Waals surface area contributed by atoms with Crippen LogP contribution in [0.3, 0.4) is 0 Å². The predicted octanol–water partition coefficient (Wildman–Crippen LogP) is 2.33. The molecule has 1 unspecified atom stereocenters. The van der Waals surface area contributed by atoms with Gasteiger partial charge in [0.05, 0.1) is 0 Å². The summed E-state index contributed by atoms with van der Waals surface area (Å²) in [6, 6.07) is 0. The normalized spacial score (nSPS) is 23.8. The molecule has 1 atom stereocenters. The van der Waals surface area contributed by atoms with Crippen LogP contribution in [0.5, 0.6) is 0 Å². The fraction of sp³-hybridized carbons (Fsp3) is 0.667. The molecule has 0 spiro atoms. The van der Waals surface area contributed by atoms with Gasteiger partial charge in [0.1, 0.15) is 0 Å². The number of fused-ring (bicyclic) bond motifs is 1. The maximum Gasteiger partial charge on any atom is 0.516 e. The quantitative estimate of drug-likeness (QED) is 0.870. The van der Waals surface area contributed by atoms with Crippen molar-refractivity contribution in [1.82, 2.24) is 9.62 Å². The summed E-state index contributed by atoms with van der Waals surface area (Å²) in [6.07, 6.45) is 5.65. The summed E-state index contributed by atoms with van der Waals surface area (Å²) < 4.78 is 60.9. The van der Waals surface area contributed by atoms with Gasteiger partial charge < -0.3 is 4.90 Å². The van der Waals surface area contributed by atoms with Gasteiger partial charge in [-0.2, -0.15) is 21.6 Å². The molecule has 4 nitrogen and oxygen atoms in total. The lowest BCUT2D eigenvalue weighted by molar-refractivity contribution is -0.0444. The molecule has 1 fully saturated rings. The fourth-order valence-corrected chi connectivity index (χ4v) is 3.19. The van der Waals surface area contributed by atoms with E-state index in [2.05, 4.69) is 4.90 Å². The maximum absolute atomic E-state index is 12.4.